The minimum atomic E-state index is 0.165. The minimum Gasteiger partial charge on any atom is -0.454 e. The third-order valence-corrected chi connectivity index (χ3v) is 3.31. The normalized spacial score (nSPS) is 12.7. The van der Waals surface area contributed by atoms with E-state index in [1.54, 1.807) is 6.20 Å². The highest BCUT2D eigenvalue weighted by Crippen LogP contribution is 2.26. The van der Waals surface area contributed by atoms with Crippen LogP contribution in [0.5, 0.6) is 11.5 Å². The Balaban J connectivity index is 2.15. The van der Waals surface area contributed by atoms with E-state index in [-0.39, 0.29) is 6.04 Å². The van der Waals surface area contributed by atoms with Gasteiger partial charge in [0.15, 0.2) is 5.75 Å². The monoisotopic (exact) mass is 273 g/mol. The zero-order valence-electron chi connectivity index (χ0n) is 12.4. The van der Waals surface area contributed by atoms with Gasteiger partial charge in [-0.1, -0.05) is 25.1 Å². The molecule has 20 heavy (non-hydrogen) atoms. The topological polar surface area (TPSA) is 53.1 Å². The maximum absolute atomic E-state index is 6.04. The number of nitrogens with zero attached hydrogens (tertiary/aromatic N) is 2. The van der Waals surface area contributed by atoms with Gasteiger partial charge >= 0.3 is 0 Å². The summed E-state index contributed by atoms with van der Waals surface area (Å²) in [7, 11) is 0. The van der Waals surface area contributed by atoms with Gasteiger partial charge in [0.05, 0.1) is 12.4 Å². The molecular formula is C16H23N3O. The van der Waals surface area contributed by atoms with Crippen molar-refractivity contribution < 1.29 is 4.74 Å². The lowest BCUT2D eigenvalue weighted by atomic mass is 10.0. The van der Waals surface area contributed by atoms with Crippen LogP contribution in [0.3, 0.4) is 0 Å². The second kappa shape index (κ2) is 6.57. The Labute approximate surface area is 120 Å². The van der Waals surface area contributed by atoms with Gasteiger partial charge < -0.3 is 10.5 Å². The summed E-state index contributed by atoms with van der Waals surface area (Å²) >= 11 is 0. The molecule has 0 saturated carbocycles. The molecule has 108 valence electrons. The molecule has 0 saturated heterocycles. The summed E-state index contributed by atoms with van der Waals surface area (Å²) < 4.78 is 7.83. The van der Waals surface area contributed by atoms with Crippen LogP contribution in [-0.2, 0) is 6.42 Å². The number of benzene rings is 1. The van der Waals surface area contributed by atoms with Crippen LogP contribution in [0.4, 0.5) is 0 Å². The van der Waals surface area contributed by atoms with Crippen LogP contribution in [-0.4, -0.2) is 15.8 Å². The van der Waals surface area contributed by atoms with E-state index in [0.29, 0.717) is 6.04 Å². The molecule has 4 heteroatoms. The fourth-order valence-corrected chi connectivity index (χ4v) is 1.98. The summed E-state index contributed by atoms with van der Waals surface area (Å²) in [5, 5.41) is 4.29. The predicted molar refractivity (Wildman–Crippen MR) is 81.1 cm³/mol. The van der Waals surface area contributed by atoms with E-state index >= 15 is 0 Å². The quantitative estimate of drug-likeness (QED) is 0.876. The molecule has 1 aromatic heterocycles. The number of nitrogens with two attached hydrogens (primary N) is 1. The molecule has 1 atom stereocenters. The zero-order valence-corrected chi connectivity index (χ0v) is 12.4. The molecule has 2 N–H and O–H groups in total. The molecule has 0 amide bonds. The lowest BCUT2D eigenvalue weighted by Crippen LogP contribution is -2.21. The summed E-state index contributed by atoms with van der Waals surface area (Å²) in [6, 6.07) is 8.53. The number of hydrogen-bond acceptors (Lipinski definition) is 3. The fourth-order valence-electron chi connectivity index (χ4n) is 1.98. The number of aromatic nitrogens is 2. The van der Waals surface area contributed by atoms with Crippen LogP contribution in [0.15, 0.2) is 36.7 Å². The number of rotatable bonds is 6. The molecule has 0 radical (unpaired) electrons. The molecular weight excluding hydrogens is 250 g/mol. The second-order valence-corrected chi connectivity index (χ2v) is 5.33. The molecule has 1 unspecified atom stereocenters. The summed E-state index contributed by atoms with van der Waals surface area (Å²) in [5.41, 5.74) is 7.18. The average Bonchev–Trinajstić information content (AvgIpc) is 2.89. The van der Waals surface area contributed by atoms with E-state index in [1.165, 1.54) is 0 Å². The first kappa shape index (κ1) is 14.6. The summed E-state index contributed by atoms with van der Waals surface area (Å²) in [6.45, 7) is 6.27. The summed E-state index contributed by atoms with van der Waals surface area (Å²) in [5.74, 6) is 1.62. The Kier molecular flexibility index (Phi) is 4.79. The van der Waals surface area contributed by atoms with Crippen LogP contribution >= 0.6 is 0 Å². The van der Waals surface area contributed by atoms with Crippen molar-refractivity contribution >= 4 is 0 Å². The van der Waals surface area contributed by atoms with Gasteiger partial charge in [0.1, 0.15) is 5.75 Å². The van der Waals surface area contributed by atoms with Crippen molar-refractivity contribution in [2.75, 3.05) is 0 Å². The molecule has 2 rings (SSSR count). The van der Waals surface area contributed by atoms with E-state index in [9.17, 15) is 0 Å². The SMILES string of the molecule is CCC(N)Cc1ccccc1Oc1cnn(C(C)C)c1. The first-order valence-corrected chi connectivity index (χ1v) is 7.15. The highest BCUT2D eigenvalue weighted by molar-refractivity contribution is 5.37. The zero-order chi connectivity index (χ0) is 14.5. The lowest BCUT2D eigenvalue weighted by molar-refractivity contribution is 0.467. The van der Waals surface area contributed by atoms with Crippen molar-refractivity contribution in [2.24, 2.45) is 5.73 Å². The Morgan fingerprint density at radius 2 is 2.05 bits per heavy atom. The molecule has 4 nitrogen and oxygen atoms in total. The van der Waals surface area contributed by atoms with Crippen molar-refractivity contribution in [1.29, 1.82) is 0 Å². The van der Waals surface area contributed by atoms with Crippen LogP contribution in [0.25, 0.3) is 0 Å². The van der Waals surface area contributed by atoms with Gasteiger partial charge in [-0.3, -0.25) is 4.68 Å². The molecule has 1 aromatic carbocycles. The lowest BCUT2D eigenvalue weighted by Gasteiger charge is -2.13. The predicted octanol–water partition coefficient (Wildman–Crippen LogP) is 3.54. The van der Waals surface area contributed by atoms with Gasteiger partial charge in [0, 0.05) is 12.1 Å². The fraction of sp³-hybridized carbons (Fsp3) is 0.438. The molecule has 0 bridgehead atoms. The maximum atomic E-state index is 6.04. The molecule has 0 aliphatic heterocycles. The van der Waals surface area contributed by atoms with Crippen molar-refractivity contribution in [1.82, 2.24) is 9.78 Å². The van der Waals surface area contributed by atoms with Gasteiger partial charge in [-0.15, -0.1) is 0 Å². The Morgan fingerprint density at radius 1 is 1.30 bits per heavy atom. The third-order valence-electron chi connectivity index (χ3n) is 3.31. The number of hydrogen-bond donors (Lipinski definition) is 1. The summed E-state index contributed by atoms with van der Waals surface area (Å²) in [4.78, 5) is 0. The van der Waals surface area contributed by atoms with Crippen LogP contribution in [0.1, 0.15) is 38.8 Å². The molecule has 0 spiro atoms. The van der Waals surface area contributed by atoms with Crippen LogP contribution < -0.4 is 10.5 Å². The van der Waals surface area contributed by atoms with Crippen molar-refractivity contribution in [2.45, 2.75) is 45.7 Å². The average molecular weight is 273 g/mol. The van der Waals surface area contributed by atoms with E-state index < -0.39 is 0 Å². The van der Waals surface area contributed by atoms with Crippen molar-refractivity contribution in [3.63, 3.8) is 0 Å². The van der Waals surface area contributed by atoms with E-state index in [1.807, 2.05) is 29.1 Å². The maximum Gasteiger partial charge on any atom is 0.165 e. The second-order valence-electron chi connectivity index (χ2n) is 5.33. The Hall–Kier alpha value is -1.81. The van der Waals surface area contributed by atoms with E-state index in [4.69, 9.17) is 10.5 Å². The molecule has 1 heterocycles. The van der Waals surface area contributed by atoms with E-state index in [0.717, 1.165) is 29.9 Å². The highest BCUT2D eigenvalue weighted by atomic mass is 16.5. The van der Waals surface area contributed by atoms with Crippen molar-refractivity contribution in [3.05, 3.63) is 42.2 Å². The first-order valence-electron chi connectivity index (χ1n) is 7.15. The van der Waals surface area contributed by atoms with Gasteiger partial charge in [-0.05, 0) is 38.3 Å². The molecule has 0 fully saturated rings. The number of ether oxygens (including phenoxy) is 1. The van der Waals surface area contributed by atoms with Gasteiger partial charge in [0.25, 0.3) is 0 Å². The minimum absolute atomic E-state index is 0.165. The summed E-state index contributed by atoms with van der Waals surface area (Å²) in [6.07, 6.45) is 5.45. The molecule has 0 aliphatic carbocycles. The Morgan fingerprint density at radius 3 is 2.70 bits per heavy atom. The van der Waals surface area contributed by atoms with Gasteiger partial charge in [-0.2, -0.15) is 5.10 Å². The van der Waals surface area contributed by atoms with Crippen LogP contribution in [0, 0.1) is 0 Å². The standard InChI is InChI=1S/C16H23N3O/c1-4-14(17)9-13-7-5-6-8-16(13)20-15-10-18-19(11-15)12(2)3/h5-8,10-12,14H,4,9,17H2,1-3H3. The molecule has 2 aromatic rings. The number of para-hydroxylation sites is 1. The largest absolute Gasteiger partial charge is 0.454 e. The van der Waals surface area contributed by atoms with Gasteiger partial charge in [-0.25, -0.2) is 0 Å². The van der Waals surface area contributed by atoms with E-state index in [2.05, 4.69) is 31.9 Å². The Bertz CT molecular complexity index is 548. The smallest absolute Gasteiger partial charge is 0.165 e. The van der Waals surface area contributed by atoms with Crippen molar-refractivity contribution in [3.8, 4) is 11.5 Å². The third kappa shape index (κ3) is 3.61. The molecule has 0 aliphatic rings. The first-order chi connectivity index (χ1) is 9.60. The van der Waals surface area contributed by atoms with Gasteiger partial charge in [0.2, 0.25) is 0 Å². The highest BCUT2D eigenvalue weighted by Gasteiger charge is 2.10. The van der Waals surface area contributed by atoms with Crippen LogP contribution in [0.2, 0.25) is 0 Å².